The van der Waals surface area contributed by atoms with Gasteiger partial charge in [0, 0.05) is 20.9 Å². The van der Waals surface area contributed by atoms with Crippen molar-refractivity contribution in [1.82, 2.24) is 10.6 Å². The van der Waals surface area contributed by atoms with Gasteiger partial charge in [-0.2, -0.15) is 0 Å². The van der Waals surface area contributed by atoms with E-state index in [4.69, 9.17) is 16.3 Å². The van der Waals surface area contributed by atoms with Crippen LogP contribution in [0.5, 0.6) is 5.75 Å². The molecule has 0 unspecified atom stereocenters. The van der Waals surface area contributed by atoms with Gasteiger partial charge >= 0.3 is 0 Å². The standard InChI is InChI=1S/C15H20ClFN2O2.C7H8S2.C2H6/c1-15(2,14(20)19-11-5-7-18-8-6-11)21-13-4-3-10(16)9-12(13)17;1-9-7-4-2-3-6(8)5-7;1-2/h3-4,9,11,18H,5-8H2,1-2H3,(H,19,20);2-5,8H,1H3;1-2H3. The van der Waals surface area contributed by atoms with Gasteiger partial charge in [0.15, 0.2) is 17.2 Å². The number of thiol groups is 1. The van der Waals surface area contributed by atoms with Crippen molar-refractivity contribution in [2.24, 2.45) is 0 Å². The number of halogens is 2. The van der Waals surface area contributed by atoms with E-state index in [9.17, 15) is 9.18 Å². The number of nitrogens with one attached hydrogen (secondary N) is 2. The molecule has 1 fully saturated rings. The largest absolute Gasteiger partial charge is 0.475 e. The highest BCUT2D eigenvalue weighted by atomic mass is 35.5. The van der Waals surface area contributed by atoms with Crippen LogP contribution in [0.4, 0.5) is 4.39 Å². The number of piperidine rings is 1. The highest BCUT2D eigenvalue weighted by molar-refractivity contribution is 7.98. The van der Waals surface area contributed by atoms with Crippen LogP contribution in [0.3, 0.4) is 0 Å². The molecule has 2 N–H and O–H groups in total. The lowest BCUT2D eigenvalue weighted by molar-refractivity contribution is -0.135. The predicted molar refractivity (Wildman–Crippen MR) is 137 cm³/mol. The van der Waals surface area contributed by atoms with Crippen LogP contribution in [0.1, 0.15) is 40.5 Å². The van der Waals surface area contributed by atoms with Crippen molar-refractivity contribution in [2.75, 3.05) is 19.3 Å². The van der Waals surface area contributed by atoms with Gasteiger partial charge < -0.3 is 15.4 Å². The number of hydrogen-bond donors (Lipinski definition) is 3. The van der Waals surface area contributed by atoms with E-state index < -0.39 is 11.4 Å². The lowest BCUT2D eigenvalue weighted by atomic mass is 10.0. The molecule has 0 spiro atoms. The first-order valence-electron chi connectivity index (χ1n) is 10.7. The molecule has 1 amide bonds. The minimum atomic E-state index is -1.15. The van der Waals surface area contributed by atoms with Gasteiger partial charge in [0.2, 0.25) is 0 Å². The van der Waals surface area contributed by atoms with E-state index in [-0.39, 0.29) is 22.7 Å². The normalized spacial score (nSPS) is 13.8. The second kappa shape index (κ2) is 14.7. The fraction of sp³-hybridized carbons (Fsp3) is 0.458. The number of ether oxygens (including phenoxy) is 1. The Hall–Kier alpha value is -1.41. The van der Waals surface area contributed by atoms with Crippen molar-refractivity contribution in [1.29, 1.82) is 0 Å². The second-order valence-electron chi connectivity index (χ2n) is 7.39. The maximum absolute atomic E-state index is 13.8. The molecule has 2 aromatic rings. The number of amides is 1. The first kappa shape index (κ1) is 28.6. The Bertz CT molecular complexity index is 846. The quantitative estimate of drug-likeness (QED) is 0.336. The molecule has 178 valence electrons. The molecule has 1 saturated heterocycles. The van der Waals surface area contributed by atoms with E-state index in [1.807, 2.05) is 32.0 Å². The lowest BCUT2D eigenvalue weighted by Crippen LogP contribution is -2.52. The third-order valence-electron chi connectivity index (χ3n) is 4.53. The third-order valence-corrected chi connectivity index (χ3v) is 5.77. The Morgan fingerprint density at radius 2 is 1.88 bits per heavy atom. The minimum absolute atomic E-state index is 0.0184. The average molecular weight is 501 g/mol. The molecule has 0 radical (unpaired) electrons. The molecular formula is C24H34ClFN2O2S2. The molecule has 0 aliphatic carbocycles. The minimum Gasteiger partial charge on any atom is -0.475 e. The zero-order valence-corrected chi connectivity index (χ0v) is 21.8. The van der Waals surface area contributed by atoms with Crippen LogP contribution in [0.2, 0.25) is 5.02 Å². The summed E-state index contributed by atoms with van der Waals surface area (Å²) in [7, 11) is 0. The summed E-state index contributed by atoms with van der Waals surface area (Å²) in [5.41, 5.74) is -1.15. The number of carbonyl (C=O) groups is 1. The fourth-order valence-corrected chi connectivity index (χ4v) is 3.75. The SMILES string of the molecule is CC.CC(C)(Oc1ccc(Cl)cc1F)C(=O)NC1CCNCC1.CSc1cccc(S)c1. The van der Waals surface area contributed by atoms with Crippen molar-refractivity contribution in [3.8, 4) is 5.75 Å². The van der Waals surface area contributed by atoms with Gasteiger partial charge in [-0.25, -0.2) is 4.39 Å². The van der Waals surface area contributed by atoms with Crippen LogP contribution in [-0.4, -0.2) is 36.9 Å². The van der Waals surface area contributed by atoms with Crippen molar-refractivity contribution in [3.63, 3.8) is 0 Å². The molecule has 0 bridgehead atoms. The van der Waals surface area contributed by atoms with E-state index in [1.54, 1.807) is 25.6 Å². The van der Waals surface area contributed by atoms with Gasteiger partial charge in [-0.1, -0.05) is 31.5 Å². The second-order valence-corrected chi connectivity index (χ2v) is 9.22. The van der Waals surface area contributed by atoms with Gasteiger partial charge in [-0.3, -0.25) is 4.79 Å². The monoisotopic (exact) mass is 500 g/mol. The third kappa shape index (κ3) is 10.0. The summed E-state index contributed by atoms with van der Waals surface area (Å²) in [5.74, 6) is -0.807. The zero-order chi connectivity index (χ0) is 24.1. The average Bonchev–Trinajstić information content (AvgIpc) is 2.78. The molecule has 1 aliphatic rings. The molecule has 2 aromatic carbocycles. The zero-order valence-electron chi connectivity index (χ0n) is 19.4. The van der Waals surface area contributed by atoms with Crippen LogP contribution in [0, 0.1) is 5.82 Å². The maximum atomic E-state index is 13.8. The molecule has 4 nitrogen and oxygen atoms in total. The van der Waals surface area contributed by atoms with Gasteiger partial charge in [-0.15, -0.1) is 24.4 Å². The van der Waals surface area contributed by atoms with Crippen molar-refractivity contribution in [3.05, 3.63) is 53.3 Å². The summed E-state index contributed by atoms with van der Waals surface area (Å²) in [6, 6.07) is 12.4. The van der Waals surface area contributed by atoms with Crippen LogP contribution >= 0.6 is 36.0 Å². The first-order valence-corrected chi connectivity index (χ1v) is 12.7. The Morgan fingerprint density at radius 3 is 2.41 bits per heavy atom. The highest BCUT2D eigenvalue weighted by Gasteiger charge is 2.32. The maximum Gasteiger partial charge on any atom is 0.263 e. The number of benzene rings is 2. The van der Waals surface area contributed by atoms with Crippen LogP contribution in [0.15, 0.2) is 52.3 Å². The van der Waals surface area contributed by atoms with Crippen molar-refractivity contribution < 1.29 is 13.9 Å². The smallest absolute Gasteiger partial charge is 0.263 e. The number of rotatable bonds is 5. The molecule has 0 saturated carbocycles. The molecule has 3 rings (SSSR count). The number of carbonyl (C=O) groups excluding carboxylic acids is 1. The molecular weight excluding hydrogens is 467 g/mol. The van der Waals surface area contributed by atoms with Gasteiger partial charge in [0.25, 0.3) is 5.91 Å². The van der Waals surface area contributed by atoms with Crippen LogP contribution in [-0.2, 0) is 4.79 Å². The molecule has 0 aromatic heterocycles. The summed E-state index contributed by atoms with van der Waals surface area (Å²) in [6.07, 6.45) is 3.83. The Kier molecular flexibility index (Phi) is 13.1. The van der Waals surface area contributed by atoms with Crippen molar-refractivity contribution >= 4 is 41.9 Å². The van der Waals surface area contributed by atoms with E-state index >= 15 is 0 Å². The highest BCUT2D eigenvalue weighted by Crippen LogP contribution is 2.25. The first-order chi connectivity index (χ1) is 15.2. The Morgan fingerprint density at radius 1 is 1.22 bits per heavy atom. The number of thioether (sulfide) groups is 1. The molecule has 1 aliphatic heterocycles. The molecule has 1 heterocycles. The Balaban J connectivity index is 0.000000388. The topological polar surface area (TPSA) is 50.4 Å². The molecule has 8 heteroatoms. The summed E-state index contributed by atoms with van der Waals surface area (Å²) in [5, 5.41) is 6.48. The Labute approximate surface area is 206 Å². The predicted octanol–water partition coefficient (Wildman–Crippen LogP) is 6.23. The van der Waals surface area contributed by atoms with E-state index in [0.717, 1.165) is 36.9 Å². The fourth-order valence-electron chi connectivity index (χ4n) is 2.82. The van der Waals surface area contributed by atoms with Crippen LogP contribution < -0.4 is 15.4 Å². The van der Waals surface area contributed by atoms with E-state index in [1.165, 1.54) is 17.0 Å². The van der Waals surface area contributed by atoms with E-state index in [2.05, 4.69) is 35.6 Å². The summed E-state index contributed by atoms with van der Waals surface area (Å²) in [6.45, 7) is 9.02. The summed E-state index contributed by atoms with van der Waals surface area (Å²) >= 11 is 11.6. The van der Waals surface area contributed by atoms with E-state index in [0.29, 0.717) is 0 Å². The molecule has 32 heavy (non-hydrogen) atoms. The molecule has 0 atom stereocenters. The van der Waals surface area contributed by atoms with Gasteiger partial charge in [0.05, 0.1) is 0 Å². The summed E-state index contributed by atoms with van der Waals surface area (Å²) < 4.78 is 19.3. The van der Waals surface area contributed by atoms with Crippen LogP contribution in [0.25, 0.3) is 0 Å². The lowest BCUT2D eigenvalue weighted by Gasteiger charge is -2.30. The summed E-state index contributed by atoms with van der Waals surface area (Å²) in [4.78, 5) is 14.6. The van der Waals surface area contributed by atoms with Gasteiger partial charge in [0.1, 0.15) is 0 Å². The van der Waals surface area contributed by atoms with Gasteiger partial charge in [-0.05, 0) is 82.4 Å². The van der Waals surface area contributed by atoms with Crippen molar-refractivity contribution in [2.45, 2.75) is 62.0 Å². The number of hydrogen-bond acceptors (Lipinski definition) is 5.